The molecule has 0 unspecified atom stereocenters. The molecule has 15 heavy (non-hydrogen) atoms. The van der Waals surface area contributed by atoms with Gasteiger partial charge in [0.2, 0.25) is 0 Å². The van der Waals surface area contributed by atoms with Crippen LogP contribution in [-0.4, -0.2) is 6.61 Å². The maximum absolute atomic E-state index is 5.93. The van der Waals surface area contributed by atoms with Crippen LogP contribution >= 0.6 is 0 Å². The van der Waals surface area contributed by atoms with Gasteiger partial charge in [-0.05, 0) is 0 Å². The molecule has 0 aromatic heterocycles. The number of hydrogen-bond donors (Lipinski definition) is 0. The summed E-state index contributed by atoms with van der Waals surface area (Å²) >= 11 is -0.662. The van der Waals surface area contributed by atoms with Crippen LogP contribution in [-0.2, 0) is 26.5 Å². The van der Waals surface area contributed by atoms with Gasteiger partial charge in [0, 0.05) is 0 Å². The van der Waals surface area contributed by atoms with Crippen LogP contribution in [0.5, 0.6) is 0 Å². The van der Waals surface area contributed by atoms with Gasteiger partial charge < -0.3 is 0 Å². The van der Waals surface area contributed by atoms with Gasteiger partial charge in [-0.3, -0.25) is 0 Å². The molecule has 0 aromatic rings. The van der Waals surface area contributed by atoms with Gasteiger partial charge in [0.05, 0.1) is 0 Å². The zero-order valence-corrected chi connectivity index (χ0v) is 12.4. The Hall–Kier alpha value is 0.323. The van der Waals surface area contributed by atoms with Crippen molar-refractivity contribution in [3.63, 3.8) is 0 Å². The first-order valence-electron chi connectivity index (χ1n) is 6.10. The van der Waals surface area contributed by atoms with Gasteiger partial charge in [-0.1, -0.05) is 0 Å². The van der Waals surface area contributed by atoms with Crippen LogP contribution < -0.4 is 0 Å². The van der Waals surface area contributed by atoms with Gasteiger partial charge in [-0.15, -0.1) is 0 Å². The van der Waals surface area contributed by atoms with Crippen molar-refractivity contribution in [2.45, 2.75) is 46.0 Å². The Morgan fingerprint density at radius 3 is 2.93 bits per heavy atom. The van der Waals surface area contributed by atoms with Crippen molar-refractivity contribution < 1.29 is 26.5 Å². The van der Waals surface area contributed by atoms with Crippen molar-refractivity contribution in [2.75, 3.05) is 6.61 Å². The fourth-order valence-corrected chi connectivity index (χ4v) is 3.81. The number of rotatable bonds is 8. The van der Waals surface area contributed by atoms with Gasteiger partial charge in [0.15, 0.2) is 0 Å². The quantitative estimate of drug-likeness (QED) is 0.653. The van der Waals surface area contributed by atoms with E-state index in [1.165, 1.54) is 25.7 Å². The van der Waals surface area contributed by atoms with Crippen molar-refractivity contribution in [3.8, 4) is 0 Å². The third kappa shape index (κ3) is 5.83. The van der Waals surface area contributed by atoms with Crippen LogP contribution in [0, 0.1) is 5.92 Å². The van der Waals surface area contributed by atoms with E-state index in [9.17, 15) is 0 Å². The van der Waals surface area contributed by atoms with Crippen molar-refractivity contribution in [1.29, 1.82) is 0 Å². The first kappa shape index (κ1) is 13.4. The number of allylic oxidation sites excluding steroid dienone is 4. The predicted molar refractivity (Wildman–Crippen MR) is 61.1 cm³/mol. The van der Waals surface area contributed by atoms with E-state index in [0.29, 0.717) is 0 Å². The van der Waals surface area contributed by atoms with Crippen LogP contribution in [0.1, 0.15) is 46.0 Å². The minimum atomic E-state index is -0.662. The van der Waals surface area contributed by atoms with Crippen molar-refractivity contribution in [1.82, 2.24) is 0 Å². The molecule has 0 bridgehead atoms. The van der Waals surface area contributed by atoms with Crippen molar-refractivity contribution >= 4 is 0 Å². The topological polar surface area (TPSA) is 9.23 Å². The van der Waals surface area contributed by atoms with Gasteiger partial charge in [0.1, 0.15) is 0 Å². The zero-order valence-electron chi connectivity index (χ0n) is 9.96. The van der Waals surface area contributed by atoms with Crippen LogP contribution in [0.3, 0.4) is 0 Å². The molecule has 0 aliphatic heterocycles. The predicted octanol–water partition coefficient (Wildman–Crippen LogP) is 4.06. The van der Waals surface area contributed by atoms with E-state index in [1.54, 1.807) is 3.28 Å². The second-order valence-electron chi connectivity index (χ2n) is 4.15. The van der Waals surface area contributed by atoms with E-state index in [4.69, 9.17) is 2.81 Å². The Morgan fingerprint density at radius 2 is 2.33 bits per heavy atom. The second kappa shape index (κ2) is 8.47. The average molecular weight is 286 g/mol. The fraction of sp³-hybridized carbons (Fsp3) is 0.692. The molecule has 1 atom stereocenters. The molecule has 84 valence electrons. The summed E-state index contributed by atoms with van der Waals surface area (Å²) in [6, 6.07) is 0. The Balaban J connectivity index is 2.06. The normalized spacial score (nSPS) is 16.5. The van der Waals surface area contributed by atoms with E-state index in [0.717, 1.165) is 18.9 Å². The number of hydrogen-bond acceptors (Lipinski definition) is 1. The van der Waals surface area contributed by atoms with Gasteiger partial charge in [0.25, 0.3) is 0 Å². The monoisotopic (exact) mass is 284 g/mol. The summed E-state index contributed by atoms with van der Waals surface area (Å²) in [4.78, 5) is 0. The fourth-order valence-electron chi connectivity index (χ4n) is 1.67. The van der Waals surface area contributed by atoms with E-state index in [-0.39, 0.29) is 0 Å². The molecule has 0 spiro atoms. The summed E-state index contributed by atoms with van der Waals surface area (Å²) in [5.41, 5.74) is 0. The summed E-state index contributed by atoms with van der Waals surface area (Å²) in [6.45, 7) is 5.56. The summed E-state index contributed by atoms with van der Waals surface area (Å²) < 4.78 is 7.52. The van der Waals surface area contributed by atoms with Gasteiger partial charge in [-0.2, -0.15) is 0 Å². The van der Waals surface area contributed by atoms with E-state index in [2.05, 4.69) is 32.1 Å². The van der Waals surface area contributed by atoms with Crippen LogP contribution in [0.2, 0.25) is 0 Å². The minimum absolute atomic E-state index is 0.662. The van der Waals surface area contributed by atoms with Crippen molar-refractivity contribution in [3.05, 3.63) is 21.5 Å². The molecule has 1 aliphatic rings. The zero-order chi connectivity index (χ0) is 10.9. The summed E-state index contributed by atoms with van der Waals surface area (Å²) in [6.07, 6.45) is 13.1. The molecule has 1 aliphatic carbocycles. The van der Waals surface area contributed by atoms with Crippen LogP contribution in [0.25, 0.3) is 0 Å². The maximum atomic E-state index is 5.93. The molecule has 0 saturated carbocycles. The Morgan fingerprint density at radius 1 is 1.47 bits per heavy atom. The summed E-state index contributed by atoms with van der Waals surface area (Å²) in [5, 5.41) is 0. The summed E-state index contributed by atoms with van der Waals surface area (Å²) in [5.74, 6) is 0.806. The Kier molecular flexibility index (Phi) is 7.56. The van der Waals surface area contributed by atoms with Crippen LogP contribution in [0.4, 0.5) is 0 Å². The molecule has 0 N–H and O–H groups in total. The molecular weight excluding hydrogens is 263 g/mol. The second-order valence-corrected chi connectivity index (χ2v) is 6.94. The Labute approximate surface area is 106 Å². The first-order chi connectivity index (χ1) is 7.36. The molecule has 1 rings (SSSR count). The molecule has 0 aromatic carbocycles. The molecule has 1 nitrogen and oxygen atoms in total. The summed E-state index contributed by atoms with van der Waals surface area (Å²) in [7, 11) is 0. The van der Waals surface area contributed by atoms with Gasteiger partial charge in [-0.25, -0.2) is 0 Å². The molecular formula is C13H22OZr. The van der Waals surface area contributed by atoms with E-state index in [1.807, 2.05) is 0 Å². The molecule has 0 fully saturated rings. The molecule has 0 heterocycles. The van der Waals surface area contributed by atoms with Crippen LogP contribution in [0.15, 0.2) is 21.5 Å². The average Bonchev–Trinajstić information content (AvgIpc) is 2.76. The van der Waals surface area contributed by atoms with E-state index >= 15 is 0 Å². The molecule has 0 saturated heterocycles. The molecule has 0 amide bonds. The standard InChI is InChI=1S/C8H17O.C5H5.Zr/c1-3-5-6-8(4-2)7-9;1-2-4-5-3-1;/h8H,3-7H2,1-2H3;1-3H,4H2;/q-1;;+1/t8-;;/m0../s1. The molecule has 0 radical (unpaired) electrons. The Bertz CT molecular complexity index is 221. The number of unbranched alkanes of at least 4 members (excludes halogenated alkanes) is 1. The third-order valence-electron chi connectivity index (χ3n) is 2.84. The van der Waals surface area contributed by atoms with Gasteiger partial charge >= 0.3 is 106 Å². The SMILES string of the molecule is CCCC[C@H](CC)C[O][Zr][C]1=CC=CC1. The third-order valence-corrected chi connectivity index (χ3v) is 5.16. The van der Waals surface area contributed by atoms with Crippen molar-refractivity contribution in [2.24, 2.45) is 5.92 Å². The van der Waals surface area contributed by atoms with E-state index < -0.39 is 23.7 Å². The first-order valence-corrected chi connectivity index (χ1v) is 8.33. The molecule has 2 heteroatoms.